The van der Waals surface area contributed by atoms with Gasteiger partial charge in [-0.25, -0.2) is 4.98 Å². The average Bonchev–Trinajstić information content (AvgIpc) is 2.88. The zero-order valence-corrected chi connectivity index (χ0v) is 11.3. The summed E-state index contributed by atoms with van der Waals surface area (Å²) in [4.78, 5) is 4.33. The van der Waals surface area contributed by atoms with Gasteiger partial charge in [0.25, 0.3) is 0 Å². The monoisotopic (exact) mass is 255 g/mol. The van der Waals surface area contributed by atoms with E-state index in [0.29, 0.717) is 0 Å². The van der Waals surface area contributed by atoms with Crippen LogP contribution in [0.15, 0.2) is 42.9 Å². The first-order valence-corrected chi connectivity index (χ1v) is 7.15. The second-order valence-corrected chi connectivity index (χ2v) is 5.40. The van der Waals surface area contributed by atoms with Crippen LogP contribution in [0.25, 0.3) is 0 Å². The van der Waals surface area contributed by atoms with Crippen LogP contribution < -0.4 is 5.32 Å². The first-order chi connectivity index (χ1) is 9.42. The van der Waals surface area contributed by atoms with E-state index in [2.05, 4.69) is 45.2 Å². The van der Waals surface area contributed by atoms with E-state index in [-0.39, 0.29) is 0 Å². The lowest BCUT2D eigenvalue weighted by atomic mass is 9.93. The number of rotatable bonds is 4. The van der Waals surface area contributed by atoms with Gasteiger partial charge in [-0.15, -0.1) is 0 Å². The third-order valence-corrected chi connectivity index (χ3v) is 3.95. The number of imidazole rings is 1. The number of aromatic nitrogens is 2. The lowest BCUT2D eigenvalue weighted by molar-refractivity contribution is 0.367. The Balaban J connectivity index is 1.68. The highest BCUT2D eigenvalue weighted by Crippen LogP contribution is 2.18. The number of nitrogens with zero attached hydrogens (tertiary/aromatic N) is 2. The van der Waals surface area contributed by atoms with Crippen molar-refractivity contribution >= 4 is 0 Å². The van der Waals surface area contributed by atoms with Crippen LogP contribution in [-0.2, 0) is 13.0 Å². The van der Waals surface area contributed by atoms with Crippen LogP contribution >= 0.6 is 0 Å². The van der Waals surface area contributed by atoms with E-state index in [1.807, 2.05) is 12.5 Å². The summed E-state index contributed by atoms with van der Waals surface area (Å²) in [7, 11) is 0. The summed E-state index contributed by atoms with van der Waals surface area (Å²) in [5, 5.41) is 3.43. The fourth-order valence-corrected chi connectivity index (χ4v) is 2.82. The Bertz CT molecular complexity index is 498. The molecule has 3 heteroatoms. The maximum Gasteiger partial charge on any atom is 0.0951 e. The molecule has 0 radical (unpaired) electrons. The van der Waals surface area contributed by atoms with Gasteiger partial charge in [0.05, 0.1) is 6.33 Å². The van der Waals surface area contributed by atoms with Gasteiger partial charge in [-0.05, 0) is 43.8 Å². The number of nitrogens with one attached hydrogen (secondary N) is 1. The minimum absolute atomic E-state index is 0.812. The van der Waals surface area contributed by atoms with E-state index < -0.39 is 0 Å². The molecule has 0 aliphatic carbocycles. The van der Waals surface area contributed by atoms with Crippen LogP contribution in [-0.4, -0.2) is 22.6 Å². The van der Waals surface area contributed by atoms with E-state index in [1.54, 1.807) is 0 Å². The molecule has 0 saturated carbocycles. The smallest absolute Gasteiger partial charge is 0.0951 e. The highest BCUT2D eigenvalue weighted by molar-refractivity contribution is 5.16. The highest BCUT2D eigenvalue weighted by atomic mass is 15.0. The van der Waals surface area contributed by atoms with Crippen molar-refractivity contribution in [2.24, 2.45) is 5.92 Å². The molecule has 19 heavy (non-hydrogen) atoms. The molecule has 1 N–H and O–H groups in total. The van der Waals surface area contributed by atoms with E-state index in [1.165, 1.54) is 24.1 Å². The molecule has 0 bridgehead atoms. The number of piperidine rings is 1. The predicted molar refractivity (Wildman–Crippen MR) is 77.1 cm³/mol. The molecular weight excluding hydrogens is 234 g/mol. The van der Waals surface area contributed by atoms with Crippen molar-refractivity contribution in [2.75, 3.05) is 13.1 Å². The molecule has 0 amide bonds. The second-order valence-electron chi connectivity index (χ2n) is 5.40. The fraction of sp³-hybridized carbons (Fsp3) is 0.438. The number of hydrogen-bond donors (Lipinski definition) is 1. The summed E-state index contributed by atoms with van der Waals surface area (Å²) in [6.07, 6.45) is 7.73. The van der Waals surface area contributed by atoms with Gasteiger partial charge in [0.15, 0.2) is 0 Å². The Hall–Kier alpha value is -1.61. The summed E-state index contributed by atoms with van der Waals surface area (Å²) < 4.78 is 2.29. The molecular formula is C16H21N3. The van der Waals surface area contributed by atoms with Crippen LogP contribution in [0.2, 0.25) is 0 Å². The number of hydrogen-bond acceptors (Lipinski definition) is 2. The first kappa shape index (κ1) is 12.4. The molecule has 0 atom stereocenters. The minimum atomic E-state index is 0.812. The summed E-state index contributed by atoms with van der Waals surface area (Å²) in [6, 6.07) is 10.6. The summed E-state index contributed by atoms with van der Waals surface area (Å²) >= 11 is 0. The van der Waals surface area contributed by atoms with Gasteiger partial charge in [-0.1, -0.05) is 30.3 Å². The molecule has 1 aromatic heterocycles. The molecule has 1 fully saturated rings. The maximum atomic E-state index is 4.33. The standard InChI is InChI=1S/C16H21N3/c1-2-4-15(5-3-1)12-19-13-18-11-16(19)10-14-6-8-17-9-7-14/h1-5,11,13-14,17H,6-10,12H2. The van der Waals surface area contributed by atoms with Crippen molar-refractivity contribution in [3.63, 3.8) is 0 Å². The normalized spacial score (nSPS) is 16.6. The highest BCUT2D eigenvalue weighted by Gasteiger charge is 2.15. The van der Waals surface area contributed by atoms with Crippen LogP contribution in [0.1, 0.15) is 24.1 Å². The molecule has 0 spiro atoms. The van der Waals surface area contributed by atoms with Crippen LogP contribution in [0, 0.1) is 5.92 Å². The largest absolute Gasteiger partial charge is 0.330 e. The van der Waals surface area contributed by atoms with Crippen molar-refractivity contribution in [3.8, 4) is 0 Å². The Morgan fingerprint density at radius 3 is 2.74 bits per heavy atom. The summed E-state index contributed by atoms with van der Waals surface area (Å²) in [5.74, 6) is 0.812. The molecule has 1 aliphatic heterocycles. The molecule has 100 valence electrons. The molecule has 1 aromatic carbocycles. The van der Waals surface area contributed by atoms with E-state index >= 15 is 0 Å². The van der Waals surface area contributed by atoms with Crippen molar-refractivity contribution in [1.82, 2.24) is 14.9 Å². The Labute approximate surface area is 114 Å². The molecule has 1 aliphatic rings. The maximum absolute atomic E-state index is 4.33. The Morgan fingerprint density at radius 1 is 1.16 bits per heavy atom. The van der Waals surface area contributed by atoms with Crippen molar-refractivity contribution in [1.29, 1.82) is 0 Å². The van der Waals surface area contributed by atoms with Crippen LogP contribution in [0.4, 0.5) is 0 Å². The second kappa shape index (κ2) is 6.02. The van der Waals surface area contributed by atoms with Gasteiger partial charge >= 0.3 is 0 Å². The molecule has 2 aromatic rings. The lowest BCUT2D eigenvalue weighted by Gasteiger charge is -2.22. The summed E-state index contributed by atoms with van der Waals surface area (Å²) in [6.45, 7) is 3.26. The van der Waals surface area contributed by atoms with E-state index in [9.17, 15) is 0 Å². The van der Waals surface area contributed by atoms with Gasteiger partial charge in [-0.2, -0.15) is 0 Å². The zero-order chi connectivity index (χ0) is 12.9. The van der Waals surface area contributed by atoms with Gasteiger partial charge < -0.3 is 9.88 Å². The van der Waals surface area contributed by atoms with Gasteiger partial charge in [0.2, 0.25) is 0 Å². The zero-order valence-electron chi connectivity index (χ0n) is 11.3. The minimum Gasteiger partial charge on any atom is -0.330 e. The fourth-order valence-electron chi connectivity index (χ4n) is 2.82. The molecule has 3 nitrogen and oxygen atoms in total. The molecule has 0 unspecified atom stereocenters. The van der Waals surface area contributed by atoms with Crippen molar-refractivity contribution in [3.05, 3.63) is 54.1 Å². The quantitative estimate of drug-likeness (QED) is 0.909. The van der Waals surface area contributed by atoms with Crippen molar-refractivity contribution < 1.29 is 0 Å². The van der Waals surface area contributed by atoms with Gasteiger partial charge in [0.1, 0.15) is 0 Å². The van der Waals surface area contributed by atoms with E-state index in [4.69, 9.17) is 0 Å². The first-order valence-electron chi connectivity index (χ1n) is 7.15. The van der Waals surface area contributed by atoms with Crippen LogP contribution in [0.5, 0.6) is 0 Å². The lowest BCUT2D eigenvalue weighted by Crippen LogP contribution is -2.29. The molecule has 3 rings (SSSR count). The van der Waals surface area contributed by atoms with Crippen LogP contribution in [0.3, 0.4) is 0 Å². The Kier molecular flexibility index (Phi) is 3.94. The topological polar surface area (TPSA) is 29.9 Å². The third-order valence-electron chi connectivity index (χ3n) is 3.95. The van der Waals surface area contributed by atoms with Gasteiger partial charge in [-0.3, -0.25) is 0 Å². The van der Waals surface area contributed by atoms with E-state index in [0.717, 1.165) is 32.0 Å². The third kappa shape index (κ3) is 3.24. The Morgan fingerprint density at radius 2 is 1.95 bits per heavy atom. The summed E-state index contributed by atoms with van der Waals surface area (Å²) in [5.41, 5.74) is 2.71. The molecule has 1 saturated heterocycles. The predicted octanol–water partition coefficient (Wildman–Crippen LogP) is 2.47. The average molecular weight is 255 g/mol. The number of benzene rings is 1. The van der Waals surface area contributed by atoms with Gasteiger partial charge in [0, 0.05) is 18.4 Å². The van der Waals surface area contributed by atoms with Crippen molar-refractivity contribution in [2.45, 2.75) is 25.8 Å². The SMILES string of the molecule is c1ccc(Cn2cncc2CC2CCNCC2)cc1. The molecule has 2 heterocycles.